The predicted molar refractivity (Wildman–Crippen MR) is 117 cm³/mol. The van der Waals surface area contributed by atoms with Gasteiger partial charge in [-0.15, -0.1) is 0 Å². The highest BCUT2D eigenvalue weighted by molar-refractivity contribution is 9.10. The van der Waals surface area contributed by atoms with Crippen LogP contribution >= 0.6 is 15.9 Å². The lowest BCUT2D eigenvalue weighted by molar-refractivity contribution is -0.114. The molecule has 2 N–H and O–H groups in total. The summed E-state index contributed by atoms with van der Waals surface area (Å²) >= 11 is 3.40. The molecule has 3 aromatic rings. The molecule has 0 saturated carbocycles. The normalized spacial score (nSPS) is 10.2. The molecule has 2 amide bonds. The molecule has 0 fully saturated rings. The van der Waals surface area contributed by atoms with Crippen LogP contribution in [0.2, 0.25) is 0 Å². The van der Waals surface area contributed by atoms with Crippen LogP contribution in [-0.2, 0) is 4.79 Å². The van der Waals surface area contributed by atoms with Crippen LogP contribution in [0.1, 0.15) is 10.4 Å². The van der Waals surface area contributed by atoms with Crippen LogP contribution < -0.4 is 15.5 Å². The summed E-state index contributed by atoms with van der Waals surface area (Å²) in [6.07, 6.45) is 0. The van der Waals surface area contributed by atoms with Gasteiger partial charge in [0.15, 0.2) is 0 Å². The van der Waals surface area contributed by atoms with Gasteiger partial charge in [-0.25, -0.2) is 0 Å². The first-order chi connectivity index (χ1) is 13.5. The molecule has 0 radical (unpaired) electrons. The van der Waals surface area contributed by atoms with Crippen LogP contribution in [0.25, 0.3) is 0 Å². The van der Waals surface area contributed by atoms with Gasteiger partial charge in [-0.2, -0.15) is 0 Å². The molecule has 0 aliphatic carbocycles. The Morgan fingerprint density at radius 3 is 2.36 bits per heavy atom. The summed E-state index contributed by atoms with van der Waals surface area (Å²) in [7, 11) is 1.73. The van der Waals surface area contributed by atoms with E-state index in [1.165, 1.54) is 0 Å². The fourth-order valence-corrected chi connectivity index (χ4v) is 3.08. The highest BCUT2D eigenvalue weighted by Crippen LogP contribution is 2.18. The summed E-state index contributed by atoms with van der Waals surface area (Å²) in [4.78, 5) is 26.5. The second-order valence-electron chi connectivity index (χ2n) is 6.19. The number of halogens is 1. The lowest BCUT2D eigenvalue weighted by Crippen LogP contribution is -2.26. The van der Waals surface area contributed by atoms with Gasteiger partial charge in [0.2, 0.25) is 5.91 Å². The lowest BCUT2D eigenvalue weighted by atomic mass is 10.1. The number of benzene rings is 3. The minimum Gasteiger partial charge on any atom is -0.376 e. The highest BCUT2D eigenvalue weighted by atomic mass is 79.9. The fraction of sp³-hybridized carbons (Fsp3) is 0.0909. The number of para-hydroxylation sites is 1. The average Bonchev–Trinajstić information content (AvgIpc) is 2.72. The molecule has 3 rings (SSSR count). The first kappa shape index (κ1) is 19.6. The highest BCUT2D eigenvalue weighted by Gasteiger charge is 2.14. The number of hydrogen-bond acceptors (Lipinski definition) is 3. The average molecular weight is 438 g/mol. The summed E-state index contributed by atoms with van der Waals surface area (Å²) in [5, 5.41) is 5.88. The number of rotatable bonds is 6. The third kappa shape index (κ3) is 5.20. The summed E-state index contributed by atoms with van der Waals surface area (Å²) in [5.74, 6) is -0.337. The smallest absolute Gasteiger partial charge is 0.258 e. The molecule has 3 aromatic carbocycles. The Balaban J connectivity index is 1.62. The zero-order valence-corrected chi connectivity index (χ0v) is 16.9. The van der Waals surface area contributed by atoms with Crippen molar-refractivity contribution < 1.29 is 9.59 Å². The van der Waals surface area contributed by atoms with Crippen molar-refractivity contribution in [1.82, 2.24) is 0 Å². The van der Waals surface area contributed by atoms with E-state index in [9.17, 15) is 9.59 Å². The van der Waals surface area contributed by atoms with E-state index in [0.717, 1.165) is 15.8 Å². The Morgan fingerprint density at radius 2 is 1.61 bits per heavy atom. The Labute approximate surface area is 172 Å². The number of nitrogens with zero attached hydrogens (tertiary/aromatic N) is 1. The van der Waals surface area contributed by atoms with Crippen LogP contribution in [0.15, 0.2) is 83.3 Å². The number of hydrogen-bond donors (Lipinski definition) is 2. The van der Waals surface area contributed by atoms with Gasteiger partial charge in [0.25, 0.3) is 5.91 Å². The van der Waals surface area contributed by atoms with Gasteiger partial charge in [-0.1, -0.05) is 46.3 Å². The molecule has 0 atom stereocenters. The van der Waals surface area contributed by atoms with Crippen molar-refractivity contribution in [3.63, 3.8) is 0 Å². The summed E-state index contributed by atoms with van der Waals surface area (Å²) < 4.78 is 0.937. The predicted octanol–water partition coefficient (Wildman–Crippen LogP) is 4.78. The van der Waals surface area contributed by atoms with Crippen LogP contribution in [0.4, 0.5) is 17.1 Å². The van der Waals surface area contributed by atoms with E-state index in [2.05, 4.69) is 26.6 Å². The van der Waals surface area contributed by atoms with Crippen LogP contribution in [0, 0.1) is 0 Å². The fourth-order valence-electron chi connectivity index (χ4n) is 2.68. The van der Waals surface area contributed by atoms with Gasteiger partial charge in [-0.3, -0.25) is 9.59 Å². The number of carbonyl (C=O) groups is 2. The number of nitrogens with one attached hydrogen (secondary N) is 2. The first-order valence-electron chi connectivity index (χ1n) is 8.75. The van der Waals surface area contributed by atoms with Crippen molar-refractivity contribution in [2.45, 2.75) is 0 Å². The van der Waals surface area contributed by atoms with Crippen molar-refractivity contribution in [3.05, 3.63) is 88.9 Å². The second-order valence-corrected chi connectivity index (χ2v) is 7.11. The van der Waals surface area contributed by atoms with E-state index in [4.69, 9.17) is 0 Å². The molecular weight excluding hydrogens is 418 g/mol. The number of carbonyl (C=O) groups excluding carboxylic acids is 2. The van der Waals surface area contributed by atoms with Crippen molar-refractivity contribution >= 4 is 44.8 Å². The standard InChI is InChI=1S/C22H20BrN3O2/c1-26(20-11-3-2-4-12-20)22(28)16-7-5-10-19(13-16)25-21(27)15-24-18-9-6-8-17(23)14-18/h2-14,24H,15H2,1H3,(H,25,27). The number of amides is 2. The van der Waals surface area contributed by atoms with E-state index in [1.54, 1.807) is 36.2 Å². The Kier molecular flexibility index (Phi) is 6.45. The molecule has 0 bridgehead atoms. The molecule has 0 heterocycles. The summed E-state index contributed by atoms with van der Waals surface area (Å²) in [6.45, 7) is 0.124. The summed E-state index contributed by atoms with van der Waals surface area (Å²) in [6, 6.07) is 23.9. The van der Waals surface area contributed by atoms with E-state index in [0.29, 0.717) is 11.3 Å². The third-order valence-electron chi connectivity index (χ3n) is 4.12. The van der Waals surface area contributed by atoms with Crippen molar-refractivity contribution in [3.8, 4) is 0 Å². The molecule has 6 heteroatoms. The minimum atomic E-state index is -0.194. The summed E-state index contributed by atoms with van der Waals surface area (Å²) in [5.41, 5.74) is 2.73. The topological polar surface area (TPSA) is 61.4 Å². The third-order valence-corrected chi connectivity index (χ3v) is 4.61. The Hall–Kier alpha value is -3.12. The van der Waals surface area contributed by atoms with Gasteiger partial charge in [-0.05, 0) is 48.5 Å². The number of anilines is 3. The van der Waals surface area contributed by atoms with Crippen molar-refractivity contribution in [1.29, 1.82) is 0 Å². The van der Waals surface area contributed by atoms with E-state index < -0.39 is 0 Å². The first-order valence-corrected chi connectivity index (χ1v) is 9.55. The van der Waals surface area contributed by atoms with Gasteiger partial charge >= 0.3 is 0 Å². The lowest BCUT2D eigenvalue weighted by Gasteiger charge is -2.17. The Morgan fingerprint density at radius 1 is 0.893 bits per heavy atom. The molecule has 0 aliphatic rings. The van der Waals surface area contributed by atoms with Gasteiger partial charge in [0, 0.05) is 34.1 Å². The second kappa shape index (κ2) is 9.19. The van der Waals surface area contributed by atoms with Gasteiger partial charge in [0.05, 0.1) is 6.54 Å². The molecule has 28 heavy (non-hydrogen) atoms. The maximum Gasteiger partial charge on any atom is 0.258 e. The maximum absolute atomic E-state index is 12.7. The van der Waals surface area contributed by atoms with Gasteiger partial charge in [0.1, 0.15) is 0 Å². The monoisotopic (exact) mass is 437 g/mol. The molecule has 0 aromatic heterocycles. The minimum absolute atomic E-state index is 0.124. The van der Waals surface area contributed by atoms with E-state index >= 15 is 0 Å². The van der Waals surface area contributed by atoms with Crippen LogP contribution in [-0.4, -0.2) is 25.4 Å². The molecule has 0 spiro atoms. The largest absolute Gasteiger partial charge is 0.376 e. The van der Waals surface area contributed by atoms with Crippen LogP contribution in [0.5, 0.6) is 0 Å². The zero-order chi connectivity index (χ0) is 19.9. The van der Waals surface area contributed by atoms with Crippen molar-refractivity contribution in [2.75, 3.05) is 29.1 Å². The quantitative estimate of drug-likeness (QED) is 0.583. The maximum atomic E-state index is 12.7. The van der Waals surface area contributed by atoms with Gasteiger partial charge < -0.3 is 15.5 Å². The zero-order valence-electron chi connectivity index (χ0n) is 15.4. The van der Waals surface area contributed by atoms with Crippen LogP contribution in [0.3, 0.4) is 0 Å². The van der Waals surface area contributed by atoms with E-state index in [-0.39, 0.29) is 18.4 Å². The molecule has 5 nitrogen and oxygen atoms in total. The molecule has 142 valence electrons. The molecular formula is C22H20BrN3O2. The van der Waals surface area contributed by atoms with E-state index in [1.807, 2.05) is 54.6 Å². The molecule has 0 saturated heterocycles. The molecule has 0 unspecified atom stereocenters. The van der Waals surface area contributed by atoms with Crippen molar-refractivity contribution in [2.24, 2.45) is 0 Å². The SMILES string of the molecule is CN(C(=O)c1cccc(NC(=O)CNc2cccc(Br)c2)c1)c1ccccc1. The Bertz CT molecular complexity index is 976. The molecule has 0 aliphatic heterocycles.